The molecule has 4 aliphatic rings. The largest absolute Gasteiger partial charge is 0.388 e. The van der Waals surface area contributed by atoms with Crippen LogP contribution in [0.5, 0.6) is 0 Å². The van der Waals surface area contributed by atoms with E-state index in [1.807, 2.05) is 6.92 Å². The van der Waals surface area contributed by atoms with Gasteiger partial charge in [-0.25, -0.2) is 14.6 Å². The molecule has 2 saturated heterocycles. The highest BCUT2D eigenvalue weighted by atomic mass is 127. The summed E-state index contributed by atoms with van der Waals surface area (Å²) in [5.41, 5.74) is 0.768. The van der Waals surface area contributed by atoms with Gasteiger partial charge < -0.3 is 19.4 Å². The van der Waals surface area contributed by atoms with Gasteiger partial charge in [0, 0.05) is 43.3 Å². The molecule has 1 N–H and O–H groups in total. The molecule has 3 fully saturated rings. The minimum Gasteiger partial charge on any atom is -0.388 e. The summed E-state index contributed by atoms with van der Waals surface area (Å²) >= 11 is 3.60. The van der Waals surface area contributed by atoms with Gasteiger partial charge in [-0.2, -0.15) is 5.10 Å². The molecule has 3 aromatic rings. The number of likely N-dealkylation sites (N-methyl/N-ethyl adjacent to an activating group) is 1. The first-order chi connectivity index (χ1) is 22.0. The number of piperidine rings is 1. The molecule has 3 aromatic heterocycles. The number of fused-ring (bicyclic) bond motifs is 3. The van der Waals surface area contributed by atoms with Gasteiger partial charge in [-0.3, -0.25) is 9.59 Å². The third-order valence-electron chi connectivity index (χ3n) is 11.0. The summed E-state index contributed by atoms with van der Waals surface area (Å²) in [5, 5.41) is 22.0. The van der Waals surface area contributed by atoms with Gasteiger partial charge in [0.2, 0.25) is 0 Å². The molecule has 5 atom stereocenters. The first-order valence-electron chi connectivity index (χ1n) is 16.8. The van der Waals surface area contributed by atoms with Crippen LogP contribution in [0.25, 0.3) is 22.6 Å². The number of nitrogens with zero attached hydrogens (tertiary/aromatic N) is 7. The third kappa shape index (κ3) is 5.60. The Morgan fingerprint density at radius 1 is 1.15 bits per heavy atom. The van der Waals surface area contributed by atoms with Crippen LogP contribution in [-0.2, 0) is 21.4 Å². The average Bonchev–Trinajstić information content (AvgIpc) is 3.74. The maximum absolute atomic E-state index is 13.4. The molecule has 5 heterocycles. The lowest BCUT2D eigenvalue weighted by molar-refractivity contribution is -0.128. The summed E-state index contributed by atoms with van der Waals surface area (Å²) in [7, 11) is 2.17. The predicted octanol–water partition coefficient (Wildman–Crippen LogP) is 5.46. The zero-order chi connectivity index (χ0) is 32.4. The number of halogens is 1. The number of carbonyl (C=O) groups is 2. The minimum atomic E-state index is -0.920. The average molecular weight is 762 g/mol. The van der Waals surface area contributed by atoms with Gasteiger partial charge in [0.1, 0.15) is 15.3 Å². The second kappa shape index (κ2) is 12.4. The molecule has 2 aliphatic carbocycles. The Balaban J connectivity index is 1.42. The topological polar surface area (TPSA) is 130 Å². The standard InChI is InChI=1S/C33H44IN7O4S/c1-19(23-10-8-16-39(23)4)41-31-25(28(34)37-41)30(40-18-32(3,44)15-12-21(40)17-46-20(2)42)35-29(36-31)26-22-9-7-14-33(27(22)45-38-26)13-6-5-11-24(33)43/h19,21,23,44H,5-18H2,1-4H3/t19-,21+,23-,32+,33+/m0/s1. The van der Waals surface area contributed by atoms with Crippen molar-refractivity contribution in [3.8, 4) is 11.5 Å². The monoisotopic (exact) mass is 761 g/mol. The van der Waals surface area contributed by atoms with E-state index in [2.05, 4.69) is 56.2 Å². The predicted molar refractivity (Wildman–Crippen MR) is 186 cm³/mol. The lowest BCUT2D eigenvalue weighted by Gasteiger charge is -2.43. The Hall–Kier alpha value is -2.10. The Labute approximate surface area is 287 Å². The number of aromatic nitrogens is 5. The molecule has 0 aromatic carbocycles. The molecular formula is C33H44IN7O4S. The second-order valence-electron chi connectivity index (χ2n) is 14.3. The lowest BCUT2D eigenvalue weighted by atomic mass is 9.64. The highest BCUT2D eigenvalue weighted by Crippen LogP contribution is 2.48. The van der Waals surface area contributed by atoms with Gasteiger partial charge in [-0.05, 0) is 108 Å². The summed E-state index contributed by atoms with van der Waals surface area (Å²) in [6.07, 6.45) is 9.38. The zero-order valence-electron chi connectivity index (χ0n) is 27.2. The number of hydrogen-bond acceptors (Lipinski definition) is 11. The first-order valence-corrected chi connectivity index (χ1v) is 18.9. The lowest BCUT2D eigenvalue weighted by Crippen LogP contribution is -2.53. The summed E-state index contributed by atoms with van der Waals surface area (Å²) in [6.45, 7) is 7.11. The van der Waals surface area contributed by atoms with Gasteiger partial charge in [-0.1, -0.05) is 23.3 Å². The van der Waals surface area contributed by atoms with E-state index in [1.54, 1.807) is 6.92 Å². The van der Waals surface area contributed by atoms with Crippen molar-refractivity contribution in [2.45, 2.75) is 121 Å². The Morgan fingerprint density at radius 3 is 2.70 bits per heavy atom. The fourth-order valence-electron chi connectivity index (χ4n) is 8.50. The van der Waals surface area contributed by atoms with Gasteiger partial charge in [-0.15, -0.1) is 0 Å². The van der Waals surface area contributed by atoms with E-state index < -0.39 is 11.0 Å². The summed E-state index contributed by atoms with van der Waals surface area (Å²) in [4.78, 5) is 40.5. The molecule has 1 spiro atoms. The molecule has 0 unspecified atom stereocenters. The van der Waals surface area contributed by atoms with Crippen molar-refractivity contribution in [3.63, 3.8) is 0 Å². The Bertz CT molecular complexity index is 1670. The zero-order valence-corrected chi connectivity index (χ0v) is 30.2. The van der Waals surface area contributed by atoms with Crippen molar-refractivity contribution in [2.24, 2.45) is 0 Å². The third-order valence-corrected chi connectivity index (χ3v) is 12.7. The van der Waals surface area contributed by atoms with Crippen LogP contribution in [-0.4, -0.2) is 89.4 Å². The summed E-state index contributed by atoms with van der Waals surface area (Å²) in [5.74, 6) is 2.74. The van der Waals surface area contributed by atoms with Crippen molar-refractivity contribution in [1.29, 1.82) is 0 Å². The number of hydrogen-bond donors (Lipinski definition) is 1. The Morgan fingerprint density at radius 2 is 1.96 bits per heavy atom. The molecule has 248 valence electrons. The molecule has 1 saturated carbocycles. The fourth-order valence-corrected chi connectivity index (χ4v) is 9.99. The fraction of sp³-hybridized carbons (Fsp3) is 0.697. The van der Waals surface area contributed by atoms with E-state index in [1.165, 1.54) is 11.8 Å². The molecule has 0 amide bonds. The van der Waals surface area contributed by atoms with Crippen molar-refractivity contribution >= 4 is 62.1 Å². The van der Waals surface area contributed by atoms with Crippen molar-refractivity contribution in [1.82, 2.24) is 29.8 Å². The molecule has 13 heteroatoms. The normalized spacial score (nSPS) is 29.5. The number of ketones is 1. The number of carbonyl (C=O) groups excluding carboxylic acids is 2. The molecule has 11 nitrogen and oxygen atoms in total. The number of likely N-dealkylation sites (tertiary alicyclic amines) is 1. The molecule has 0 radical (unpaired) electrons. The van der Waals surface area contributed by atoms with E-state index >= 15 is 0 Å². The van der Waals surface area contributed by atoms with Crippen LogP contribution in [0.2, 0.25) is 0 Å². The molecular weight excluding hydrogens is 717 g/mol. The maximum atomic E-state index is 13.4. The summed E-state index contributed by atoms with van der Waals surface area (Å²) < 4.78 is 8.98. The highest BCUT2D eigenvalue weighted by molar-refractivity contribution is 14.1. The van der Waals surface area contributed by atoms with Gasteiger partial charge in [0.15, 0.2) is 28.0 Å². The SMILES string of the molecule is CC(=O)SC[C@H]1CC[C@@](C)(O)CN1c1nc(-c2noc3c2CCC[C@@]32CCCCC2=O)nc2c1c(I)nn2[C@@H](C)[C@@H]1CCCN1C. The number of thioether (sulfide) groups is 1. The van der Waals surface area contributed by atoms with Crippen LogP contribution in [0.4, 0.5) is 5.82 Å². The number of Topliss-reactive ketones (excluding diaryl/α,β-unsaturated/α-hetero) is 1. The van der Waals surface area contributed by atoms with Crippen molar-refractivity contribution in [3.05, 3.63) is 15.0 Å². The highest BCUT2D eigenvalue weighted by Gasteiger charge is 2.49. The van der Waals surface area contributed by atoms with Crippen LogP contribution >= 0.6 is 34.4 Å². The van der Waals surface area contributed by atoms with E-state index in [0.717, 1.165) is 84.6 Å². The number of aliphatic hydroxyl groups is 1. The van der Waals surface area contributed by atoms with Crippen molar-refractivity contribution in [2.75, 3.05) is 30.8 Å². The van der Waals surface area contributed by atoms with Crippen LogP contribution in [0, 0.1) is 3.70 Å². The number of anilines is 1. The van der Waals surface area contributed by atoms with E-state index in [-0.39, 0.29) is 23.0 Å². The van der Waals surface area contributed by atoms with Gasteiger partial charge >= 0.3 is 0 Å². The van der Waals surface area contributed by atoms with Crippen LogP contribution in [0.3, 0.4) is 0 Å². The van der Waals surface area contributed by atoms with Crippen molar-refractivity contribution < 1.29 is 19.2 Å². The van der Waals surface area contributed by atoms with Crippen LogP contribution < -0.4 is 4.90 Å². The number of rotatable bonds is 6. The van der Waals surface area contributed by atoms with Gasteiger partial charge in [0.25, 0.3) is 0 Å². The quantitative estimate of drug-likeness (QED) is 0.322. The van der Waals surface area contributed by atoms with Crippen LogP contribution in [0.15, 0.2) is 4.52 Å². The molecule has 2 aliphatic heterocycles. The molecule has 7 rings (SSSR count). The van der Waals surface area contributed by atoms with Gasteiger partial charge in [0.05, 0.1) is 22.4 Å². The molecule has 46 heavy (non-hydrogen) atoms. The van der Waals surface area contributed by atoms with E-state index in [0.29, 0.717) is 54.3 Å². The van der Waals surface area contributed by atoms with Crippen LogP contribution in [0.1, 0.15) is 102 Å². The van der Waals surface area contributed by atoms with E-state index in [4.69, 9.17) is 19.6 Å². The maximum Gasteiger partial charge on any atom is 0.186 e. The minimum absolute atomic E-state index is 0.00744. The molecule has 0 bridgehead atoms. The smallest absolute Gasteiger partial charge is 0.186 e. The summed E-state index contributed by atoms with van der Waals surface area (Å²) in [6, 6.07) is 0.386. The van der Waals surface area contributed by atoms with E-state index in [9.17, 15) is 14.7 Å². The second-order valence-corrected chi connectivity index (χ2v) is 16.5. The Kier molecular flexibility index (Phi) is 8.75. The first kappa shape index (κ1) is 32.4. The number of β-amino-alcohol motifs (C(OH)–C–C–N with tert-alkyl or cyclic N) is 1.